The summed E-state index contributed by atoms with van der Waals surface area (Å²) in [6.45, 7) is 0. The van der Waals surface area contributed by atoms with Gasteiger partial charge >= 0.3 is 5.97 Å². The van der Waals surface area contributed by atoms with Crippen molar-refractivity contribution in [3.63, 3.8) is 0 Å². The first-order valence-corrected chi connectivity index (χ1v) is 7.02. The third-order valence-corrected chi connectivity index (χ3v) is 4.55. The molecule has 0 saturated heterocycles. The van der Waals surface area contributed by atoms with E-state index in [0.29, 0.717) is 12.8 Å². The van der Waals surface area contributed by atoms with E-state index >= 15 is 0 Å². The van der Waals surface area contributed by atoms with Gasteiger partial charge in [0.05, 0.1) is 27.0 Å². The number of aromatic nitrogens is 1. The molecule has 108 valence electrons. The molecule has 1 amide bonds. The highest BCUT2D eigenvalue weighted by atomic mass is 35.5. The lowest BCUT2D eigenvalue weighted by atomic mass is 9.74. The van der Waals surface area contributed by atoms with Gasteiger partial charge in [-0.3, -0.25) is 9.59 Å². The van der Waals surface area contributed by atoms with Crippen molar-refractivity contribution < 1.29 is 14.7 Å². The second-order valence-electron chi connectivity index (χ2n) is 4.74. The van der Waals surface area contributed by atoms with Gasteiger partial charge in [0.2, 0.25) is 0 Å². The third kappa shape index (κ3) is 3.00. The van der Waals surface area contributed by atoms with Crippen molar-refractivity contribution in [2.24, 2.45) is 0 Å². The van der Waals surface area contributed by atoms with Gasteiger partial charge in [-0.25, -0.2) is 4.98 Å². The molecule has 1 aromatic heterocycles. The van der Waals surface area contributed by atoms with Crippen LogP contribution in [0.4, 0.5) is 0 Å². The fraction of sp³-hybridized carbons (Fsp3) is 0.417. The summed E-state index contributed by atoms with van der Waals surface area (Å²) in [6.07, 6.45) is 3.21. The van der Waals surface area contributed by atoms with Crippen LogP contribution in [-0.4, -0.2) is 27.5 Å². The summed E-state index contributed by atoms with van der Waals surface area (Å²) in [5.74, 6) is -1.51. The van der Waals surface area contributed by atoms with Gasteiger partial charge < -0.3 is 10.4 Å². The number of amides is 1. The van der Waals surface area contributed by atoms with E-state index in [2.05, 4.69) is 10.3 Å². The molecule has 8 heteroatoms. The topological polar surface area (TPSA) is 79.3 Å². The molecular weight excluding hydrogens is 327 g/mol. The van der Waals surface area contributed by atoms with Gasteiger partial charge in [0.15, 0.2) is 0 Å². The summed E-state index contributed by atoms with van der Waals surface area (Å²) in [6, 6.07) is 0. The first-order valence-electron chi connectivity index (χ1n) is 5.88. The average Bonchev–Trinajstić information content (AvgIpc) is 2.32. The molecule has 0 aromatic carbocycles. The van der Waals surface area contributed by atoms with Crippen LogP contribution in [0.5, 0.6) is 0 Å². The zero-order valence-corrected chi connectivity index (χ0v) is 12.5. The molecule has 1 saturated carbocycles. The van der Waals surface area contributed by atoms with Crippen LogP contribution in [0.15, 0.2) is 6.20 Å². The molecule has 20 heavy (non-hydrogen) atoms. The zero-order valence-electron chi connectivity index (χ0n) is 10.3. The Labute approximate surface area is 130 Å². The van der Waals surface area contributed by atoms with E-state index in [1.165, 1.54) is 6.20 Å². The molecule has 0 aliphatic heterocycles. The van der Waals surface area contributed by atoms with Crippen molar-refractivity contribution in [1.29, 1.82) is 0 Å². The molecule has 1 aromatic rings. The smallest absolute Gasteiger partial charge is 0.305 e. The average molecular weight is 338 g/mol. The first kappa shape index (κ1) is 15.4. The van der Waals surface area contributed by atoms with Gasteiger partial charge in [0.1, 0.15) is 5.69 Å². The number of carbonyl (C=O) groups is 2. The standard InChI is InChI=1S/C12H11Cl3N2O3/c13-6-5-16-10(9(15)8(6)14)11(20)17-12(2-1-3-12)4-7(18)19/h5H,1-4H2,(H,17,20)(H,18,19). The Morgan fingerprint density at radius 3 is 2.45 bits per heavy atom. The van der Waals surface area contributed by atoms with Crippen LogP contribution in [-0.2, 0) is 4.79 Å². The van der Waals surface area contributed by atoms with E-state index < -0.39 is 17.4 Å². The number of carboxylic acid groups (broad SMARTS) is 1. The molecule has 0 spiro atoms. The van der Waals surface area contributed by atoms with Crippen LogP contribution in [0, 0.1) is 0 Å². The second kappa shape index (κ2) is 5.76. The molecule has 0 atom stereocenters. The van der Waals surface area contributed by atoms with E-state index in [9.17, 15) is 9.59 Å². The number of halogens is 3. The van der Waals surface area contributed by atoms with E-state index in [1.54, 1.807) is 0 Å². The Morgan fingerprint density at radius 2 is 1.95 bits per heavy atom. The molecule has 1 aliphatic carbocycles. The van der Waals surface area contributed by atoms with Crippen LogP contribution >= 0.6 is 34.8 Å². The number of nitrogens with one attached hydrogen (secondary N) is 1. The number of pyridine rings is 1. The summed E-state index contributed by atoms with van der Waals surface area (Å²) in [5.41, 5.74) is -0.780. The predicted molar refractivity (Wildman–Crippen MR) is 75.6 cm³/mol. The number of carboxylic acids is 1. The van der Waals surface area contributed by atoms with Crippen LogP contribution < -0.4 is 5.32 Å². The van der Waals surface area contributed by atoms with Crippen molar-refractivity contribution in [1.82, 2.24) is 10.3 Å². The van der Waals surface area contributed by atoms with Crippen LogP contribution in [0.25, 0.3) is 0 Å². The maximum atomic E-state index is 12.2. The maximum Gasteiger partial charge on any atom is 0.305 e. The minimum absolute atomic E-state index is 0.0403. The molecule has 0 bridgehead atoms. The highest BCUT2D eigenvalue weighted by Gasteiger charge is 2.41. The van der Waals surface area contributed by atoms with Crippen molar-refractivity contribution in [2.45, 2.75) is 31.2 Å². The molecule has 1 aliphatic rings. The Morgan fingerprint density at radius 1 is 1.30 bits per heavy atom. The van der Waals surface area contributed by atoms with Gasteiger partial charge in [-0.1, -0.05) is 34.8 Å². The largest absolute Gasteiger partial charge is 0.481 e. The molecule has 1 fully saturated rings. The van der Waals surface area contributed by atoms with E-state index in [1.807, 2.05) is 0 Å². The van der Waals surface area contributed by atoms with Gasteiger partial charge in [-0.05, 0) is 19.3 Å². The van der Waals surface area contributed by atoms with Crippen LogP contribution in [0.2, 0.25) is 15.1 Å². The summed E-state index contributed by atoms with van der Waals surface area (Å²) in [7, 11) is 0. The molecule has 5 nitrogen and oxygen atoms in total. The fourth-order valence-corrected chi connectivity index (χ4v) is 2.71. The summed E-state index contributed by atoms with van der Waals surface area (Å²) >= 11 is 17.5. The fourth-order valence-electron chi connectivity index (χ4n) is 2.14. The highest BCUT2D eigenvalue weighted by molar-refractivity contribution is 6.48. The zero-order chi connectivity index (χ0) is 14.9. The van der Waals surface area contributed by atoms with E-state index in [4.69, 9.17) is 39.9 Å². The minimum Gasteiger partial charge on any atom is -0.481 e. The molecule has 0 unspecified atom stereocenters. The van der Waals surface area contributed by atoms with E-state index in [-0.39, 0.29) is 27.2 Å². The van der Waals surface area contributed by atoms with Crippen molar-refractivity contribution in [2.75, 3.05) is 0 Å². The summed E-state index contributed by atoms with van der Waals surface area (Å²) in [4.78, 5) is 26.9. The van der Waals surface area contributed by atoms with Crippen LogP contribution in [0.1, 0.15) is 36.2 Å². The second-order valence-corrected chi connectivity index (χ2v) is 5.90. The number of hydrogen-bond acceptors (Lipinski definition) is 3. The maximum absolute atomic E-state index is 12.2. The molecule has 2 N–H and O–H groups in total. The number of rotatable bonds is 4. The summed E-state index contributed by atoms with van der Waals surface area (Å²) in [5, 5.41) is 11.8. The highest BCUT2D eigenvalue weighted by Crippen LogP contribution is 2.36. The number of aliphatic carboxylic acids is 1. The Balaban J connectivity index is 2.20. The number of carbonyl (C=O) groups excluding carboxylic acids is 1. The molecule has 0 radical (unpaired) electrons. The van der Waals surface area contributed by atoms with E-state index in [0.717, 1.165) is 6.42 Å². The monoisotopic (exact) mass is 336 g/mol. The number of hydrogen-bond donors (Lipinski definition) is 2. The molecule has 2 rings (SSSR count). The van der Waals surface area contributed by atoms with Crippen LogP contribution in [0.3, 0.4) is 0 Å². The summed E-state index contributed by atoms with van der Waals surface area (Å²) < 4.78 is 0. The normalized spacial score (nSPS) is 16.4. The third-order valence-electron chi connectivity index (χ3n) is 3.31. The van der Waals surface area contributed by atoms with Gasteiger partial charge in [-0.15, -0.1) is 0 Å². The van der Waals surface area contributed by atoms with Gasteiger partial charge in [0, 0.05) is 6.20 Å². The lowest BCUT2D eigenvalue weighted by Gasteiger charge is -2.41. The van der Waals surface area contributed by atoms with Gasteiger partial charge in [0.25, 0.3) is 5.91 Å². The molecular formula is C12H11Cl3N2O3. The SMILES string of the molecule is O=C(O)CC1(NC(=O)c2ncc(Cl)c(Cl)c2Cl)CCC1. The number of nitrogens with zero attached hydrogens (tertiary/aromatic N) is 1. The Hall–Kier alpha value is -1.04. The van der Waals surface area contributed by atoms with Crippen molar-refractivity contribution in [3.8, 4) is 0 Å². The minimum atomic E-state index is -0.960. The Kier molecular flexibility index (Phi) is 4.42. The van der Waals surface area contributed by atoms with Crippen molar-refractivity contribution in [3.05, 3.63) is 27.0 Å². The quantitative estimate of drug-likeness (QED) is 0.884. The lowest BCUT2D eigenvalue weighted by Crippen LogP contribution is -2.54. The first-order chi connectivity index (χ1) is 9.34. The molecule has 1 heterocycles. The van der Waals surface area contributed by atoms with Crippen molar-refractivity contribution >= 4 is 46.7 Å². The Bertz CT molecular complexity index is 573. The lowest BCUT2D eigenvalue weighted by molar-refractivity contribution is -0.139. The predicted octanol–water partition coefficient (Wildman–Crippen LogP) is 3.17. The van der Waals surface area contributed by atoms with Gasteiger partial charge in [-0.2, -0.15) is 0 Å².